The Morgan fingerprint density at radius 2 is 1.89 bits per heavy atom. The van der Waals surface area contributed by atoms with Crippen LogP contribution in [-0.4, -0.2) is 32.7 Å². The Morgan fingerprint density at radius 3 is 2.54 bits per heavy atom. The summed E-state index contributed by atoms with van der Waals surface area (Å²) in [5.74, 6) is -1.39. The van der Waals surface area contributed by atoms with Crippen LogP contribution in [0.25, 0.3) is 6.08 Å². The Bertz CT molecular complexity index is 917. The molecule has 0 saturated heterocycles. The minimum Gasteiger partial charge on any atom is -0.493 e. The van der Waals surface area contributed by atoms with Crippen molar-refractivity contribution >= 4 is 46.8 Å². The van der Waals surface area contributed by atoms with Crippen LogP contribution in [0.1, 0.15) is 5.56 Å². The van der Waals surface area contributed by atoms with E-state index in [9.17, 15) is 14.0 Å². The minimum atomic E-state index is -0.766. The quantitative estimate of drug-likeness (QED) is 0.525. The maximum atomic E-state index is 13.6. The predicted octanol–water partition coefficient (Wildman–Crippen LogP) is 4.34. The highest BCUT2D eigenvalue weighted by molar-refractivity contribution is 6.32. The summed E-state index contributed by atoms with van der Waals surface area (Å²) in [6.07, 6.45) is 2.56. The van der Waals surface area contributed by atoms with Gasteiger partial charge in [-0.1, -0.05) is 23.2 Å². The minimum absolute atomic E-state index is 0.0686. The van der Waals surface area contributed by atoms with Crippen molar-refractivity contribution in [1.82, 2.24) is 0 Å². The normalized spacial score (nSPS) is 10.6. The highest BCUT2D eigenvalue weighted by Gasteiger charge is 2.11. The third kappa shape index (κ3) is 5.87. The van der Waals surface area contributed by atoms with Gasteiger partial charge in [-0.15, -0.1) is 0 Å². The average molecular weight is 428 g/mol. The largest absolute Gasteiger partial charge is 0.493 e. The second-order valence-corrected chi connectivity index (χ2v) is 6.20. The molecule has 9 heteroatoms. The van der Waals surface area contributed by atoms with Crippen molar-refractivity contribution in [3.8, 4) is 11.5 Å². The number of anilines is 1. The molecule has 1 N–H and O–H groups in total. The summed E-state index contributed by atoms with van der Waals surface area (Å²) in [7, 11) is 2.91. The molecule has 0 fully saturated rings. The van der Waals surface area contributed by atoms with Gasteiger partial charge in [0.05, 0.1) is 24.9 Å². The fourth-order valence-corrected chi connectivity index (χ4v) is 2.62. The highest BCUT2D eigenvalue weighted by atomic mass is 35.5. The number of amides is 1. The van der Waals surface area contributed by atoms with Gasteiger partial charge in [-0.25, -0.2) is 9.18 Å². The van der Waals surface area contributed by atoms with E-state index < -0.39 is 24.3 Å². The summed E-state index contributed by atoms with van der Waals surface area (Å²) < 4.78 is 28.7. The van der Waals surface area contributed by atoms with Crippen LogP contribution in [0.4, 0.5) is 10.1 Å². The monoisotopic (exact) mass is 427 g/mol. The molecule has 1 amide bonds. The zero-order valence-electron chi connectivity index (χ0n) is 14.9. The molecule has 148 valence electrons. The summed E-state index contributed by atoms with van der Waals surface area (Å²) in [6, 6.07) is 6.97. The number of halogens is 3. The van der Waals surface area contributed by atoms with Crippen molar-refractivity contribution in [1.29, 1.82) is 0 Å². The zero-order chi connectivity index (χ0) is 20.7. The molecule has 0 atom stereocenters. The Balaban J connectivity index is 1.93. The number of hydrogen-bond donors (Lipinski definition) is 1. The van der Waals surface area contributed by atoms with E-state index in [4.69, 9.17) is 37.4 Å². The fourth-order valence-electron chi connectivity index (χ4n) is 2.16. The van der Waals surface area contributed by atoms with Gasteiger partial charge >= 0.3 is 5.97 Å². The van der Waals surface area contributed by atoms with Gasteiger partial charge in [-0.2, -0.15) is 0 Å². The molecular weight excluding hydrogens is 412 g/mol. The van der Waals surface area contributed by atoms with E-state index in [-0.39, 0.29) is 10.7 Å². The van der Waals surface area contributed by atoms with E-state index >= 15 is 0 Å². The number of nitrogens with one attached hydrogen (secondary N) is 1. The van der Waals surface area contributed by atoms with Crippen LogP contribution in [0, 0.1) is 5.82 Å². The van der Waals surface area contributed by atoms with Gasteiger partial charge < -0.3 is 19.5 Å². The molecule has 0 spiro atoms. The average Bonchev–Trinajstić information content (AvgIpc) is 2.66. The van der Waals surface area contributed by atoms with Gasteiger partial charge in [-0.05, 0) is 42.0 Å². The number of carbonyl (C=O) groups is 2. The number of ether oxygens (including phenoxy) is 3. The molecule has 2 rings (SSSR count). The van der Waals surface area contributed by atoms with Crippen LogP contribution in [0.15, 0.2) is 36.4 Å². The fraction of sp³-hybridized carbons (Fsp3) is 0.158. The van der Waals surface area contributed by atoms with Gasteiger partial charge in [0.2, 0.25) is 0 Å². The first kappa shape index (κ1) is 21.5. The van der Waals surface area contributed by atoms with Crippen LogP contribution >= 0.6 is 23.2 Å². The molecule has 2 aromatic rings. The zero-order valence-corrected chi connectivity index (χ0v) is 16.4. The molecular formula is C19H16Cl2FNO5. The van der Waals surface area contributed by atoms with Crippen LogP contribution < -0.4 is 14.8 Å². The Morgan fingerprint density at radius 1 is 1.14 bits per heavy atom. The van der Waals surface area contributed by atoms with E-state index in [0.29, 0.717) is 22.1 Å². The van der Waals surface area contributed by atoms with Crippen molar-refractivity contribution in [3.05, 3.63) is 57.8 Å². The third-order valence-corrected chi connectivity index (χ3v) is 3.93. The molecule has 0 radical (unpaired) electrons. The molecule has 0 saturated carbocycles. The van der Waals surface area contributed by atoms with Gasteiger partial charge in [0, 0.05) is 11.1 Å². The number of hydrogen-bond acceptors (Lipinski definition) is 5. The Hall–Kier alpha value is -2.77. The summed E-state index contributed by atoms with van der Waals surface area (Å²) >= 11 is 11.7. The van der Waals surface area contributed by atoms with Gasteiger partial charge in [0.25, 0.3) is 5.91 Å². The second-order valence-electron chi connectivity index (χ2n) is 5.35. The summed E-state index contributed by atoms with van der Waals surface area (Å²) in [5.41, 5.74) is 0.494. The topological polar surface area (TPSA) is 73.9 Å². The molecule has 0 heterocycles. The Labute approximate surface area is 170 Å². The van der Waals surface area contributed by atoms with E-state index in [1.807, 2.05) is 0 Å². The number of rotatable bonds is 7. The first-order valence-electron chi connectivity index (χ1n) is 7.85. The predicted molar refractivity (Wildman–Crippen MR) is 105 cm³/mol. The van der Waals surface area contributed by atoms with Crippen molar-refractivity contribution in [2.24, 2.45) is 0 Å². The lowest BCUT2D eigenvalue weighted by atomic mass is 10.2. The molecule has 0 unspecified atom stereocenters. The molecule has 6 nitrogen and oxygen atoms in total. The van der Waals surface area contributed by atoms with Crippen molar-refractivity contribution in [2.75, 3.05) is 26.1 Å². The van der Waals surface area contributed by atoms with E-state index in [1.165, 1.54) is 32.4 Å². The van der Waals surface area contributed by atoms with Gasteiger partial charge in [0.1, 0.15) is 5.82 Å². The molecule has 28 heavy (non-hydrogen) atoms. The standard InChI is InChI=1S/C19H16Cl2FNO5/c1-26-16-8-11(7-13(21)19(16)27-2)3-6-18(25)28-10-17(24)23-15-5-4-12(20)9-14(15)22/h3-9H,10H2,1-2H3,(H,23,24)/b6-3+. The van der Waals surface area contributed by atoms with Crippen LogP contribution in [-0.2, 0) is 14.3 Å². The van der Waals surface area contributed by atoms with E-state index in [0.717, 1.165) is 12.1 Å². The van der Waals surface area contributed by atoms with Crippen molar-refractivity contribution in [2.45, 2.75) is 0 Å². The third-order valence-electron chi connectivity index (χ3n) is 3.42. The summed E-state index contributed by atoms with van der Waals surface area (Å²) in [5, 5.41) is 2.78. The lowest BCUT2D eigenvalue weighted by Gasteiger charge is -2.10. The van der Waals surface area contributed by atoms with E-state index in [2.05, 4.69) is 5.32 Å². The lowest BCUT2D eigenvalue weighted by Crippen LogP contribution is -2.20. The maximum Gasteiger partial charge on any atom is 0.331 e. The van der Waals surface area contributed by atoms with Gasteiger partial charge in [-0.3, -0.25) is 4.79 Å². The molecule has 2 aromatic carbocycles. The molecule has 0 aliphatic heterocycles. The molecule has 0 aromatic heterocycles. The number of esters is 1. The first-order valence-corrected chi connectivity index (χ1v) is 8.61. The number of carbonyl (C=O) groups excluding carboxylic acids is 2. The smallest absolute Gasteiger partial charge is 0.331 e. The number of benzene rings is 2. The molecule has 0 aliphatic carbocycles. The SMILES string of the molecule is COc1cc(/C=C/C(=O)OCC(=O)Nc2ccc(Cl)cc2F)cc(Cl)c1OC. The van der Waals surface area contributed by atoms with Crippen molar-refractivity contribution < 1.29 is 28.2 Å². The van der Waals surface area contributed by atoms with E-state index in [1.54, 1.807) is 12.1 Å². The molecule has 0 aliphatic rings. The van der Waals surface area contributed by atoms with Crippen molar-refractivity contribution in [3.63, 3.8) is 0 Å². The summed E-state index contributed by atoms with van der Waals surface area (Å²) in [4.78, 5) is 23.5. The lowest BCUT2D eigenvalue weighted by molar-refractivity contribution is -0.142. The maximum absolute atomic E-state index is 13.6. The van der Waals surface area contributed by atoms with Crippen LogP contribution in [0.3, 0.4) is 0 Å². The second kappa shape index (κ2) is 9.96. The Kier molecular flexibility index (Phi) is 7.66. The highest BCUT2D eigenvalue weighted by Crippen LogP contribution is 2.36. The summed E-state index contributed by atoms with van der Waals surface area (Å²) in [6.45, 7) is -0.585. The van der Waals surface area contributed by atoms with Crippen LogP contribution in [0.5, 0.6) is 11.5 Å². The first-order chi connectivity index (χ1) is 13.3. The van der Waals surface area contributed by atoms with Gasteiger partial charge in [0.15, 0.2) is 18.1 Å². The number of methoxy groups -OCH3 is 2. The molecule has 0 bridgehead atoms. The van der Waals surface area contributed by atoms with Crippen LogP contribution in [0.2, 0.25) is 10.0 Å².